The minimum absolute atomic E-state index is 0.0612. The Labute approximate surface area is 98.3 Å². The van der Waals surface area contributed by atoms with Crippen LogP contribution in [-0.4, -0.2) is 16.8 Å². The zero-order valence-corrected chi connectivity index (χ0v) is 10.6. The second-order valence-corrected chi connectivity index (χ2v) is 4.70. The minimum Gasteiger partial charge on any atom is -0.336 e. The molecule has 0 spiro atoms. The van der Waals surface area contributed by atoms with Crippen molar-refractivity contribution >= 4 is 5.91 Å². The molecule has 1 rings (SSSR count). The molecule has 0 radical (unpaired) electrons. The number of carbonyl (C=O) groups is 1. The molecule has 0 fully saturated rings. The lowest BCUT2D eigenvalue weighted by Crippen LogP contribution is -2.38. The molecule has 0 aliphatic carbocycles. The molecule has 0 N–H and O–H groups in total. The molecule has 0 heterocycles. The summed E-state index contributed by atoms with van der Waals surface area (Å²) in [5.41, 5.74) is 1.19. The molecule has 0 atom stereocenters. The molecule has 0 bridgehead atoms. The molecular formula is C14H21NO. The van der Waals surface area contributed by atoms with E-state index in [2.05, 4.69) is 26.0 Å². The third-order valence-corrected chi connectivity index (χ3v) is 2.60. The molecule has 0 saturated heterocycles. The Morgan fingerprint density at radius 3 is 2.12 bits per heavy atom. The molecule has 0 aromatic heterocycles. The Bertz CT molecular complexity index is 330. The average Bonchev–Trinajstić information content (AvgIpc) is 2.26. The van der Waals surface area contributed by atoms with E-state index in [0.29, 0.717) is 6.54 Å². The van der Waals surface area contributed by atoms with Crippen LogP contribution < -0.4 is 0 Å². The lowest BCUT2D eigenvalue weighted by molar-refractivity contribution is -0.136. The fraction of sp³-hybridized carbons (Fsp3) is 0.500. The van der Waals surface area contributed by atoms with Crippen molar-refractivity contribution in [1.29, 1.82) is 0 Å². The van der Waals surface area contributed by atoms with Crippen molar-refractivity contribution in [2.75, 3.05) is 0 Å². The number of carbonyl (C=O) groups excluding carboxylic acids is 1. The summed E-state index contributed by atoms with van der Waals surface area (Å²) >= 11 is 0. The van der Waals surface area contributed by atoms with Crippen LogP contribution in [0.15, 0.2) is 30.3 Å². The molecule has 1 amide bonds. The highest BCUT2D eigenvalue weighted by Crippen LogP contribution is 2.12. The molecule has 1 aromatic carbocycles. The van der Waals surface area contributed by atoms with Gasteiger partial charge in [0.1, 0.15) is 0 Å². The number of nitrogens with zero attached hydrogens (tertiary/aromatic N) is 1. The Hall–Kier alpha value is -1.31. The Morgan fingerprint density at radius 1 is 1.12 bits per heavy atom. The van der Waals surface area contributed by atoms with Crippen molar-refractivity contribution in [1.82, 2.24) is 4.90 Å². The maximum atomic E-state index is 12.0. The van der Waals surface area contributed by atoms with Crippen LogP contribution in [0.5, 0.6) is 0 Å². The lowest BCUT2D eigenvalue weighted by Gasteiger charge is -2.28. The average molecular weight is 219 g/mol. The van der Waals surface area contributed by atoms with Crippen molar-refractivity contribution in [2.24, 2.45) is 5.92 Å². The van der Waals surface area contributed by atoms with Crippen LogP contribution in [-0.2, 0) is 11.3 Å². The van der Waals surface area contributed by atoms with Gasteiger partial charge in [0.2, 0.25) is 5.91 Å². The van der Waals surface area contributed by atoms with Gasteiger partial charge in [0.25, 0.3) is 0 Å². The highest BCUT2D eigenvalue weighted by atomic mass is 16.2. The van der Waals surface area contributed by atoms with Gasteiger partial charge in [-0.05, 0) is 19.4 Å². The highest BCUT2D eigenvalue weighted by molar-refractivity contribution is 5.78. The fourth-order valence-corrected chi connectivity index (χ4v) is 1.63. The zero-order chi connectivity index (χ0) is 12.1. The van der Waals surface area contributed by atoms with Crippen LogP contribution in [0.25, 0.3) is 0 Å². The van der Waals surface area contributed by atoms with E-state index in [1.165, 1.54) is 5.56 Å². The lowest BCUT2D eigenvalue weighted by atomic mass is 10.1. The number of hydrogen-bond acceptors (Lipinski definition) is 1. The van der Waals surface area contributed by atoms with Crippen LogP contribution >= 0.6 is 0 Å². The number of benzene rings is 1. The van der Waals surface area contributed by atoms with Gasteiger partial charge in [-0.3, -0.25) is 4.79 Å². The SMILES string of the molecule is CC(C)C(=O)N(Cc1ccccc1)C(C)C. The second kappa shape index (κ2) is 5.69. The normalized spacial score (nSPS) is 10.9. The van der Waals surface area contributed by atoms with Gasteiger partial charge in [-0.2, -0.15) is 0 Å². The first-order valence-corrected chi connectivity index (χ1v) is 5.86. The highest BCUT2D eigenvalue weighted by Gasteiger charge is 2.19. The van der Waals surface area contributed by atoms with Gasteiger partial charge >= 0.3 is 0 Å². The zero-order valence-electron chi connectivity index (χ0n) is 10.6. The first-order valence-electron chi connectivity index (χ1n) is 5.86. The number of amides is 1. The molecule has 1 aromatic rings. The first kappa shape index (κ1) is 12.8. The van der Waals surface area contributed by atoms with Gasteiger partial charge in [0.15, 0.2) is 0 Å². The summed E-state index contributed by atoms with van der Waals surface area (Å²) < 4.78 is 0. The molecule has 16 heavy (non-hydrogen) atoms. The van der Waals surface area contributed by atoms with Crippen LogP contribution in [0.1, 0.15) is 33.3 Å². The number of rotatable bonds is 4. The van der Waals surface area contributed by atoms with Crippen LogP contribution in [0, 0.1) is 5.92 Å². The van der Waals surface area contributed by atoms with E-state index in [4.69, 9.17) is 0 Å². The van der Waals surface area contributed by atoms with Crippen LogP contribution in [0.3, 0.4) is 0 Å². The Balaban J connectivity index is 2.77. The monoisotopic (exact) mass is 219 g/mol. The predicted molar refractivity (Wildman–Crippen MR) is 67.0 cm³/mol. The van der Waals surface area contributed by atoms with Gasteiger partial charge in [-0.1, -0.05) is 44.2 Å². The van der Waals surface area contributed by atoms with Crippen molar-refractivity contribution < 1.29 is 4.79 Å². The largest absolute Gasteiger partial charge is 0.336 e. The summed E-state index contributed by atoms with van der Waals surface area (Å²) in [6.45, 7) is 8.72. The van der Waals surface area contributed by atoms with Gasteiger partial charge in [0.05, 0.1) is 0 Å². The van der Waals surface area contributed by atoms with Gasteiger partial charge < -0.3 is 4.90 Å². The molecule has 2 heteroatoms. The summed E-state index contributed by atoms with van der Waals surface area (Å²) in [5, 5.41) is 0. The summed E-state index contributed by atoms with van der Waals surface area (Å²) in [5.74, 6) is 0.282. The molecule has 0 aliphatic heterocycles. The van der Waals surface area contributed by atoms with E-state index in [0.717, 1.165) is 0 Å². The Kier molecular flexibility index (Phi) is 4.53. The van der Waals surface area contributed by atoms with Gasteiger partial charge in [0, 0.05) is 18.5 Å². The van der Waals surface area contributed by atoms with Crippen molar-refractivity contribution in [3.8, 4) is 0 Å². The quantitative estimate of drug-likeness (QED) is 0.762. The van der Waals surface area contributed by atoms with E-state index < -0.39 is 0 Å². The van der Waals surface area contributed by atoms with Crippen molar-refractivity contribution in [2.45, 2.75) is 40.3 Å². The smallest absolute Gasteiger partial charge is 0.225 e. The van der Waals surface area contributed by atoms with E-state index >= 15 is 0 Å². The van der Waals surface area contributed by atoms with Crippen molar-refractivity contribution in [3.05, 3.63) is 35.9 Å². The second-order valence-electron chi connectivity index (χ2n) is 4.70. The summed E-state index contributed by atoms with van der Waals surface area (Å²) in [7, 11) is 0. The molecule has 2 nitrogen and oxygen atoms in total. The van der Waals surface area contributed by atoms with Crippen LogP contribution in [0.4, 0.5) is 0 Å². The third kappa shape index (κ3) is 3.37. The molecule has 0 unspecified atom stereocenters. The fourth-order valence-electron chi connectivity index (χ4n) is 1.63. The first-order chi connectivity index (χ1) is 7.52. The van der Waals surface area contributed by atoms with Gasteiger partial charge in [-0.15, -0.1) is 0 Å². The molecule has 88 valence electrons. The van der Waals surface area contributed by atoms with E-state index in [1.54, 1.807) is 0 Å². The third-order valence-electron chi connectivity index (χ3n) is 2.60. The summed E-state index contributed by atoms with van der Waals surface area (Å²) in [6.07, 6.45) is 0. The minimum atomic E-state index is 0.0612. The standard InChI is InChI=1S/C14H21NO/c1-11(2)14(16)15(12(3)4)10-13-8-6-5-7-9-13/h5-9,11-12H,10H2,1-4H3. The maximum absolute atomic E-state index is 12.0. The Morgan fingerprint density at radius 2 is 1.69 bits per heavy atom. The molecule has 0 saturated carbocycles. The number of hydrogen-bond donors (Lipinski definition) is 0. The topological polar surface area (TPSA) is 20.3 Å². The predicted octanol–water partition coefficient (Wildman–Crippen LogP) is 3.08. The van der Waals surface area contributed by atoms with Crippen molar-refractivity contribution in [3.63, 3.8) is 0 Å². The molecule has 0 aliphatic rings. The van der Waals surface area contributed by atoms with E-state index in [1.807, 2.05) is 36.9 Å². The maximum Gasteiger partial charge on any atom is 0.225 e. The summed E-state index contributed by atoms with van der Waals surface area (Å²) in [4.78, 5) is 13.9. The molecular weight excluding hydrogens is 198 g/mol. The van der Waals surface area contributed by atoms with E-state index in [9.17, 15) is 4.79 Å². The van der Waals surface area contributed by atoms with Gasteiger partial charge in [-0.25, -0.2) is 0 Å². The van der Waals surface area contributed by atoms with Crippen LogP contribution in [0.2, 0.25) is 0 Å². The summed E-state index contributed by atoms with van der Waals surface area (Å²) in [6, 6.07) is 10.4. The van der Waals surface area contributed by atoms with E-state index in [-0.39, 0.29) is 17.9 Å².